The molecule has 0 N–H and O–H groups in total. The van der Waals surface area contributed by atoms with Gasteiger partial charge in [0, 0.05) is 31.1 Å². The maximum atomic E-state index is 11.8. The summed E-state index contributed by atoms with van der Waals surface area (Å²) in [5, 5.41) is 0. The van der Waals surface area contributed by atoms with Crippen LogP contribution in [0, 0.1) is 13.8 Å². The molecule has 1 atom stereocenters. The normalized spacial score (nSPS) is 18.5. The first-order valence-electron chi connectivity index (χ1n) is 7.96. The average molecular weight is 297 g/mol. The number of pyridine rings is 1. The maximum Gasteiger partial charge on any atom is 0.219 e. The number of hydrogen-bond donors (Lipinski definition) is 0. The highest BCUT2D eigenvalue weighted by Gasteiger charge is 2.26. The van der Waals surface area contributed by atoms with E-state index < -0.39 is 0 Å². The van der Waals surface area contributed by atoms with E-state index in [-0.39, 0.29) is 11.9 Å². The van der Waals surface area contributed by atoms with E-state index in [2.05, 4.69) is 47.7 Å². The van der Waals surface area contributed by atoms with Gasteiger partial charge in [0.25, 0.3) is 0 Å². The third-order valence-electron chi connectivity index (χ3n) is 4.56. The van der Waals surface area contributed by atoms with Gasteiger partial charge in [0.1, 0.15) is 5.82 Å². The molecule has 116 valence electrons. The van der Waals surface area contributed by atoms with Crippen LogP contribution in [0.1, 0.15) is 49.2 Å². The van der Waals surface area contributed by atoms with Crippen LogP contribution in [0.3, 0.4) is 0 Å². The van der Waals surface area contributed by atoms with E-state index in [0.717, 1.165) is 30.8 Å². The molecule has 0 bridgehead atoms. The molecule has 2 aromatic rings. The Labute approximate surface area is 131 Å². The topological polar surface area (TPSA) is 38.1 Å². The minimum Gasteiger partial charge on any atom is -0.336 e. The third kappa shape index (κ3) is 2.65. The molecule has 0 spiro atoms. The molecule has 2 aromatic heterocycles. The third-order valence-corrected chi connectivity index (χ3v) is 4.56. The van der Waals surface area contributed by atoms with Gasteiger partial charge >= 0.3 is 0 Å². The maximum absolute atomic E-state index is 11.8. The standard InChI is InChI=1S/C18H23N3O/c1-13-7-8-14(2)21(13)18-10-9-16(12-19-18)17-6-4-5-11-20(17)15(3)22/h7-10,12,17H,4-6,11H2,1-3H3/t17-/m0/s1. The molecule has 3 heterocycles. The molecule has 4 nitrogen and oxygen atoms in total. The van der Waals surface area contributed by atoms with E-state index in [1.807, 2.05) is 11.1 Å². The van der Waals surface area contributed by atoms with Gasteiger partial charge in [-0.05, 0) is 56.9 Å². The number of rotatable bonds is 2. The van der Waals surface area contributed by atoms with Gasteiger partial charge < -0.3 is 9.47 Å². The van der Waals surface area contributed by atoms with E-state index in [4.69, 9.17) is 0 Å². The van der Waals surface area contributed by atoms with Crippen molar-refractivity contribution in [3.05, 3.63) is 47.4 Å². The van der Waals surface area contributed by atoms with E-state index >= 15 is 0 Å². The van der Waals surface area contributed by atoms with Crippen LogP contribution in [0.2, 0.25) is 0 Å². The summed E-state index contributed by atoms with van der Waals surface area (Å²) in [6, 6.07) is 8.56. The fourth-order valence-corrected chi connectivity index (χ4v) is 3.41. The van der Waals surface area contributed by atoms with Gasteiger partial charge in [-0.15, -0.1) is 0 Å². The Hall–Kier alpha value is -2.10. The lowest BCUT2D eigenvalue weighted by Gasteiger charge is -2.35. The monoisotopic (exact) mass is 297 g/mol. The van der Waals surface area contributed by atoms with Gasteiger partial charge in [-0.3, -0.25) is 4.79 Å². The van der Waals surface area contributed by atoms with Crippen molar-refractivity contribution in [3.63, 3.8) is 0 Å². The summed E-state index contributed by atoms with van der Waals surface area (Å²) in [6.07, 6.45) is 5.23. The fraction of sp³-hybridized carbons (Fsp3) is 0.444. The first-order chi connectivity index (χ1) is 10.6. The summed E-state index contributed by atoms with van der Waals surface area (Å²) in [6.45, 7) is 6.69. The minimum absolute atomic E-state index is 0.158. The zero-order chi connectivity index (χ0) is 15.7. The number of nitrogens with zero attached hydrogens (tertiary/aromatic N) is 3. The highest BCUT2D eigenvalue weighted by Crippen LogP contribution is 2.31. The van der Waals surface area contributed by atoms with E-state index in [1.54, 1.807) is 6.92 Å². The molecule has 22 heavy (non-hydrogen) atoms. The summed E-state index contributed by atoms with van der Waals surface area (Å²) in [4.78, 5) is 18.4. The SMILES string of the molecule is CC(=O)N1CCCC[C@H]1c1ccc(-n2c(C)ccc2C)nc1. The number of aromatic nitrogens is 2. The summed E-state index contributed by atoms with van der Waals surface area (Å²) >= 11 is 0. The molecular weight excluding hydrogens is 274 g/mol. The van der Waals surface area contributed by atoms with Crippen molar-refractivity contribution < 1.29 is 4.79 Å². The minimum atomic E-state index is 0.158. The Morgan fingerprint density at radius 2 is 1.86 bits per heavy atom. The highest BCUT2D eigenvalue weighted by atomic mass is 16.2. The summed E-state index contributed by atoms with van der Waals surface area (Å²) in [7, 11) is 0. The summed E-state index contributed by atoms with van der Waals surface area (Å²) in [5.74, 6) is 1.10. The van der Waals surface area contributed by atoms with Crippen LogP contribution in [0.25, 0.3) is 5.82 Å². The Bertz CT molecular complexity index is 653. The van der Waals surface area contributed by atoms with E-state index in [0.29, 0.717) is 0 Å². The first kappa shape index (κ1) is 14.8. The molecule has 1 saturated heterocycles. The van der Waals surface area contributed by atoms with Gasteiger partial charge in [-0.2, -0.15) is 0 Å². The van der Waals surface area contributed by atoms with Gasteiger partial charge in [0.05, 0.1) is 6.04 Å². The second-order valence-electron chi connectivity index (χ2n) is 6.13. The van der Waals surface area contributed by atoms with Crippen LogP contribution in [0.4, 0.5) is 0 Å². The molecule has 1 aliphatic heterocycles. The van der Waals surface area contributed by atoms with Gasteiger partial charge in [-0.1, -0.05) is 6.07 Å². The molecule has 0 radical (unpaired) electrons. The van der Waals surface area contributed by atoms with Crippen molar-refractivity contribution in [1.82, 2.24) is 14.5 Å². The lowest BCUT2D eigenvalue weighted by Crippen LogP contribution is -2.37. The van der Waals surface area contributed by atoms with Crippen LogP contribution >= 0.6 is 0 Å². The van der Waals surface area contributed by atoms with Crippen molar-refractivity contribution >= 4 is 5.91 Å². The number of carbonyl (C=O) groups excluding carboxylic acids is 1. The number of carbonyl (C=O) groups is 1. The number of likely N-dealkylation sites (tertiary alicyclic amines) is 1. The predicted octanol–water partition coefficient (Wildman–Crippen LogP) is 3.56. The summed E-state index contributed by atoms with van der Waals surface area (Å²) in [5.41, 5.74) is 3.50. The number of hydrogen-bond acceptors (Lipinski definition) is 2. The molecule has 0 aromatic carbocycles. The first-order valence-corrected chi connectivity index (χ1v) is 7.96. The van der Waals surface area contributed by atoms with Gasteiger partial charge in [-0.25, -0.2) is 4.98 Å². The second-order valence-corrected chi connectivity index (χ2v) is 6.13. The molecule has 4 heteroatoms. The van der Waals surface area contributed by atoms with Crippen LogP contribution in [0.5, 0.6) is 0 Å². The van der Waals surface area contributed by atoms with Crippen molar-refractivity contribution in [2.45, 2.75) is 46.1 Å². The molecule has 0 aliphatic carbocycles. The zero-order valence-electron chi connectivity index (χ0n) is 13.5. The van der Waals surface area contributed by atoms with Gasteiger partial charge in [0.15, 0.2) is 0 Å². The Morgan fingerprint density at radius 3 is 2.45 bits per heavy atom. The van der Waals surface area contributed by atoms with Crippen LogP contribution < -0.4 is 0 Å². The highest BCUT2D eigenvalue weighted by molar-refractivity contribution is 5.74. The van der Waals surface area contributed by atoms with Crippen molar-refractivity contribution in [2.24, 2.45) is 0 Å². The Morgan fingerprint density at radius 1 is 1.14 bits per heavy atom. The smallest absolute Gasteiger partial charge is 0.219 e. The largest absolute Gasteiger partial charge is 0.336 e. The second kappa shape index (κ2) is 5.95. The molecule has 1 fully saturated rings. The predicted molar refractivity (Wildman–Crippen MR) is 87.0 cm³/mol. The molecule has 1 aliphatic rings. The average Bonchev–Trinajstić information content (AvgIpc) is 2.86. The molecular formula is C18H23N3O. The van der Waals surface area contributed by atoms with Gasteiger partial charge in [0.2, 0.25) is 5.91 Å². The Balaban J connectivity index is 1.89. The molecule has 3 rings (SSSR count). The van der Waals surface area contributed by atoms with Crippen LogP contribution in [0.15, 0.2) is 30.5 Å². The Kier molecular flexibility index (Phi) is 4.01. The number of aryl methyl sites for hydroxylation is 2. The van der Waals surface area contributed by atoms with E-state index in [9.17, 15) is 4.79 Å². The van der Waals surface area contributed by atoms with Crippen molar-refractivity contribution in [1.29, 1.82) is 0 Å². The van der Waals surface area contributed by atoms with Crippen molar-refractivity contribution in [3.8, 4) is 5.82 Å². The van der Waals surface area contributed by atoms with E-state index in [1.165, 1.54) is 17.8 Å². The molecule has 0 saturated carbocycles. The lowest BCUT2D eigenvalue weighted by atomic mass is 9.96. The number of amides is 1. The fourth-order valence-electron chi connectivity index (χ4n) is 3.41. The lowest BCUT2D eigenvalue weighted by molar-refractivity contribution is -0.132. The quantitative estimate of drug-likeness (QED) is 0.850. The zero-order valence-corrected chi connectivity index (χ0v) is 13.5. The van der Waals surface area contributed by atoms with Crippen molar-refractivity contribution in [2.75, 3.05) is 6.54 Å². The summed E-state index contributed by atoms with van der Waals surface area (Å²) < 4.78 is 2.15. The number of piperidine rings is 1. The van der Waals surface area contributed by atoms with Crippen LogP contribution in [-0.4, -0.2) is 26.9 Å². The molecule has 0 unspecified atom stereocenters. The van der Waals surface area contributed by atoms with Crippen LogP contribution in [-0.2, 0) is 4.79 Å². The molecule has 1 amide bonds.